The van der Waals surface area contributed by atoms with E-state index in [9.17, 15) is 18.4 Å². The summed E-state index contributed by atoms with van der Waals surface area (Å²) in [6.07, 6.45) is -0.599. The normalized spacial score (nSPS) is 15.7. The highest BCUT2D eigenvalue weighted by atomic mass is 19.3. The second-order valence-electron chi connectivity index (χ2n) is 3.27. The van der Waals surface area contributed by atoms with Gasteiger partial charge in [-0.2, -0.15) is 0 Å². The zero-order chi connectivity index (χ0) is 12.2. The van der Waals surface area contributed by atoms with Crippen LogP contribution in [0.2, 0.25) is 0 Å². The van der Waals surface area contributed by atoms with Crippen molar-refractivity contribution in [2.45, 2.75) is 32.6 Å². The molecule has 0 aromatic carbocycles. The second-order valence-corrected chi connectivity index (χ2v) is 3.27. The lowest BCUT2D eigenvalue weighted by molar-refractivity contribution is -0.177. The van der Waals surface area contributed by atoms with E-state index in [2.05, 4.69) is 0 Å². The predicted molar refractivity (Wildman–Crippen MR) is 47.8 cm³/mol. The molecule has 0 saturated carbocycles. The van der Waals surface area contributed by atoms with E-state index < -0.39 is 29.7 Å². The van der Waals surface area contributed by atoms with Gasteiger partial charge < -0.3 is 10.2 Å². The van der Waals surface area contributed by atoms with E-state index in [0.717, 1.165) is 0 Å². The smallest absolute Gasteiger partial charge is 0.312 e. The molecule has 88 valence electrons. The van der Waals surface area contributed by atoms with Gasteiger partial charge in [-0.3, -0.25) is 9.59 Å². The first-order valence-corrected chi connectivity index (χ1v) is 4.62. The highest BCUT2D eigenvalue weighted by Crippen LogP contribution is 2.37. The van der Waals surface area contributed by atoms with Gasteiger partial charge in [0.1, 0.15) is 11.8 Å². The maximum Gasteiger partial charge on any atom is 0.312 e. The van der Waals surface area contributed by atoms with E-state index in [-0.39, 0.29) is 12.8 Å². The Morgan fingerprint density at radius 3 is 1.47 bits per heavy atom. The lowest BCUT2D eigenvalue weighted by atomic mass is 9.86. The van der Waals surface area contributed by atoms with Crippen molar-refractivity contribution in [2.24, 2.45) is 11.8 Å². The van der Waals surface area contributed by atoms with Crippen molar-refractivity contribution in [1.29, 1.82) is 0 Å². The molecule has 0 spiro atoms. The number of rotatable bonds is 6. The van der Waals surface area contributed by atoms with Crippen LogP contribution in [-0.2, 0) is 9.59 Å². The molecule has 0 aliphatic rings. The summed E-state index contributed by atoms with van der Waals surface area (Å²) in [7, 11) is 0. The molecule has 2 unspecified atom stereocenters. The van der Waals surface area contributed by atoms with E-state index >= 15 is 0 Å². The third-order valence-corrected chi connectivity index (χ3v) is 2.34. The Morgan fingerprint density at radius 1 is 1.07 bits per heavy atom. The third kappa shape index (κ3) is 2.87. The molecule has 0 bridgehead atoms. The average Bonchev–Trinajstić information content (AvgIpc) is 2.02. The van der Waals surface area contributed by atoms with Crippen LogP contribution in [0.3, 0.4) is 0 Å². The van der Waals surface area contributed by atoms with Crippen LogP contribution in [0.15, 0.2) is 0 Å². The Morgan fingerprint density at radius 2 is 1.33 bits per heavy atom. The quantitative estimate of drug-likeness (QED) is 0.721. The van der Waals surface area contributed by atoms with E-state index in [1.54, 1.807) is 0 Å². The van der Waals surface area contributed by atoms with Gasteiger partial charge in [-0.05, 0) is 12.8 Å². The van der Waals surface area contributed by atoms with E-state index in [4.69, 9.17) is 10.2 Å². The zero-order valence-electron chi connectivity index (χ0n) is 8.54. The lowest BCUT2D eigenvalue weighted by Gasteiger charge is -2.27. The number of hydrogen-bond acceptors (Lipinski definition) is 2. The van der Waals surface area contributed by atoms with E-state index in [1.165, 1.54) is 13.8 Å². The van der Waals surface area contributed by atoms with Crippen LogP contribution in [0.25, 0.3) is 0 Å². The molecule has 0 aromatic heterocycles. The van der Waals surface area contributed by atoms with Gasteiger partial charge in [0.2, 0.25) is 0 Å². The molecule has 0 rings (SSSR count). The van der Waals surface area contributed by atoms with Crippen LogP contribution >= 0.6 is 0 Å². The predicted octanol–water partition coefficient (Wildman–Crippen LogP) is 1.84. The number of carboxylic acid groups (broad SMARTS) is 2. The monoisotopic (exact) mass is 224 g/mol. The Bertz CT molecular complexity index is 228. The molecular weight excluding hydrogens is 210 g/mol. The minimum atomic E-state index is -3.72. The molecule has 0 heterocycles. The van der Waals surface area contributed by atoms with Crippen LogP contribution in [-0.4, -0.2) is 28.1 Å². The fraction of sp³-hybridized carbons (Fsp3) is 0.778. The minimum Gasteiger partial charge on any atom is -0.481 e. The fourth-order valence-electron chi connectivity index (χ4n) is 1.47. The minimum absolute atomic E-state index is 0.299. The Labute approximate surface area is 85.9 Å². The number of carboxylic acids is 2. The molecule has 0 aromatic rings. The molecule has 0 saturated heterocycles. The first kappa shape index (κ1) is 13.8. The van der Waals surface area contributed by atoms with Crippen molar-refractivity contribution in [3.63, 3.8) is 0 Å². The van der Waals surface area contributed by atoms with E-state index in [1.807, 2.05) is 0 Å². The summed E-state index contributed by atoms with van der Waals surface area (Å²) < 4.78 is 27.0. The Hall–Kier alpha value is -1.20. The molecular formula is C9H14F2O4. The molecule has 4 nitrogen and oxygen atoms in total. The molecule has 0 aliphatic carbocycles. The van der Waals surface area contributed by atoms with Crippen LogP contribution in [0.5, 0.6) is 0 Å². The number of alkyl halides is 2. The summed E-state index contributed by atoms with van der Waals surface area (Å²) in [5, 5.41) is 17.1. The number of carbonyl (C=O) groups is 2. The molecule has 0 radical (unpaired) electrons. The maximum absolute atomic E-state index is 13.5. The summed E-state index contributed by atoms with van der Waals surface area (Å²) in [4.78, 5) is 21.1. The lowest BCUT2D eigenvalue weighted by Crippen LogP contribution is -2.44. The summed E-state index contributed by atoms with van der Waals surface area (Å²) >= 11 is 0. The summed E-state index contributed by atoms with van der Waals surface area (Å²) in [5.41, 5.74) is 0. The molecule has 2 atom stereocenters. The van der Waals surface area contributed by atoms with Crippen LogP contribution in [0, 0.1) is 11.8 Å². The largest absolute Gasteiger partial charge is 0.481 e. The Kier molecular flexibility index (Phi) is 4.64. The second kappa shape index (κ2) is 5.04. The maximum atomic E-state index is 13.5. The SMILES string of the molecule is CCC(C(=O)O)C(F)(F)C(CC)C(=O)O. The average molecular weight is 224 g/mol. The van der Waals surface area contributed by atoms with Gasteiger partial charge in [-0.15, -0.1) is 0 Å². The van der Waals surface area contributed by atoms with Crippen molar-refractivity contribution >= 4 is 11.9 Å². The van der Waals surface area contributed by atoms with Gasteiger partial charge in [-0.1, -0.05) is 13.8 Å². The first-order valence-electron chi connectivity index (χ1n) is 4.62. The number of halogens is 2. The third-order valence-electron chi connectivity index (χ3n) is 2.34. The van der Waals surface area contributed by atoms with Crippen molar-refractivity contribution in [1.82, 2.24) is 0 Å². The topological polar surface area (TPSA) is 74.6 Å². The molecule has 0 fully saturated rings. The van der Waals surface area contributed by atoms with Gasteiger partial charge in [0.15, 0.2) is 0 Å². The van der Waals surface area contributed by atoms with Crippen LogP contribution in [0.1, 0.15) is 26.7 Å². The van der Waals surface area contributed by atoms with Crippen LogP contribution in [0.4, 0.5) is 8.78 Å². The van der Waals surface area contributed by atoms with Crippen molar-refractivity contribution in [2.75, 3.05) is 0 Å². The number of hydrogen-bond donors (Lipinski definition) is 2. The fourth-order valence-corrected chi connectivity index (χ4v) is 1.47. The number of aliphatic carboxylic acids is 2. The molecule has 0 aliphatic heterocycles. The van der Waals surface area contributed by atoms with Crippen LogP contribution < -0.4 is 0 Å². The standard InChI is InChI=1S/C9H14F2O4/c1-3-5(7(12)13)9(10,11)6(4-2)8(14)15/h5-6H,3-4H2,1-2H3,(H,12,13)(H,14,15). The van der Waals surface area contributed by atoms with Crippen molar-refractivity contribution < 1.29 is 28.6 Å². The summed E-state index contributed by atoms with van der Waals surface area (Å²) in [5.74, 6) is -10.9. The van der Waals surface area contributed by atoms with Gasteiger partial charge in [-0.25, -0.2) is 8.78 Å². The molecule has 6 heteroatoms. The van der Waals surface area contributed by atoms with Gasteiger partial charge in [0.25, 0.3) is 5.92 Å². The molecule has 2 N–H and O–H groups in total. The van der Waals surface area contributed by atoms with Gasteiger partial charge >= 0.3 is 11.9 Å². The molecule has 0 amide bonds. The summed E-state index contributed by atoms with van der Waals surface area (Å²) in [6.45, 7) is 2.59. The Balaban J connectivity index is 5.05. The highest BCUT2D eigenvalue weighted by Gasteiger charge is 2.52. The highest BCUT2D eigenvalue weighted by molar-refractivity contribution is 5.76. The summed E-state index contributed by atoms with van der Waals surface area (Å²) in [6, 6.07) is 0. The van der Waals surface area contributed by atoms with Crippen molar-refractivity contribution in [3.05, 3.63) is 0 Å². The van der Waals surface area contributed by atoms with Crippen molar-refractivity contribution in [3.8, 4) is 0 Å². The van der Waals surface area contributed by atoms with Gasteiger partial charge in [0, 0.05) is 0 Å². The molecule has 15 heavy (non-hydrogen) atoms. The van der Waals surface area contributed by atoms with Gasteiger partial charge in [0.05, 0.1) is 0 Å². The van der Waals surface area contributed by atoms with E-state index in [0.29, 0.717) is 0 Å². The first-order chi connectivity index (χ1) is 6.78. The zero-order valence-corrected chi connectivity index (χ0v) is 8.54.